The van der Waals surface area contributed by atoms with Gasteiger partial charge in [0, 0.05) is 23.6 Å². The fourth-order valence-electron chi connectivity index (χ4n) is 1.33. The van der Waals surface area contributed by atoms with E-state index in [0.717, 1.165) is 4.90 Å². The van der Waals surface area contributed by atoms with E-state index in [1.54, 1.807) is 12.1 Å². The Bertz CT molecular complexity index is 395. The summed E-state index contributed by atoms with van der Waals surface area (Å²) in [7, 11) is 0. The summed E-state index contributed by atoms with van der Waals surface area (Å²) in [5.41, 5.74) is 0. The first-order valence-corrected chi connectivity index (χ1v) is 7.30. The normalized spacial score (nSPS) is 12.5. The van der Waals surface area contributed by atoms with Crippen LogP contribution < -0.4 is 5.32 Å². The highest BCUT2D eigenvalue weighted by molar-refractivity contribution is 7.99. The third kappa shape index (κ3) is 6.59. The maximum absolute atomic E-state index is 12.7. The molecule has 3 nitrogen and oxygen atoms in total. The third-order valence-corrected chi connectivity index (χ3v) is 3.70. The third-order valence-electron chi connectivity index (χ3n) is 2.69. The van der Waals surface area contributed by atoms with Crippen molar-refractivity contribution in [2.75, 3.05) is 12.3 Å². The van der Waals surface area contributed by atoms with E-state index >= 15 is 0 Å². The van der Waals surface area contributed by atoms with Gasteiger partial charge in [-0.25, -0.2) is 4.39 Å². The highest BCUT2D eigenvalue weighted by Gasteiger charge is 2.10. The fraction of sp³-hybridized carbons (Fsp3) is 0.500. The Balaban J connectivity index is 2.18. The van der Waals surface area contributed by atoms with Crippen LogP contribution in [0.15, 0.2) is 29.2 Å². The Kier molecular flexibility index (Phi) is 6.87. The number of halogens is 1. The first-order valence-electron chi connectivity index (χ1n) is 6.32. The molecule has 1 atom stereocenters. The summed E-state index contributed by atoms with van der Waals surface area (Å²) in [5, 5.41) is 12.2. The van der Waals surface area contributed by atoms with E-state index in [9.17, 15) is 14.3 Å². The van der Waals surface area contributed by atoms with Crippen molar-refractivity contribution in [2.24, 2.45) is 5.92 Å². The van der Waals surface area contributed by atoms with Gasteiger partial charge in [0.1, 0.15) is 5.82 Å². The topological polar surface area (TPSA) is 49.3 Å². The number of carbonyl (C=O) groups excluding carboxylic acids is 1. The first kappa shape index (κ1) is 16.0. The number of rotatable bonds is 7. The lowest BCUT2D eigenvalue weighted by molar-refractivity contribution is -0.121. The van der Waals surface area contributed by atoms with Crippen LogP contribution in [0.2, 0.25) is 0 Å². The SMILES string of the molecule is CC(C)C(O)CNC(=O)CCSc1ccc(F)cc1. The largest absolute Gasteiger partial charge is 0.391 e. The van der Waals surface area contributed by atoms with Crippen molar-refractivity contribution in [1.82, 2.24) is 5.32 Å². The molecule has 106 valence electrons. The van der Waals surface area contributed by atoms with Crippen LogP contribution in [0.5, 0.6) is 0 Å². The van der Waals surface area contributed by atoms with Gasteiger partial charge in [0.25, 0.3) is 0 Å². The van der Waals surface area contributed by atoms with Crippen LogP contribution in [0.1, 0.15) is 20.3 Å². The maximum atomic E-state index is 12.7. The molecule has 0 saturated carbocycles. The number of carbonyl (C=O) groups is 1. The molecule has 5 heteroatoms. The first-order chi connectivity index (χ1) is 8.99. The Morgan fingerprint density at radius 2 is 2.00 bits per heavy atom. The van der Waals surface area contributed by atoms with Crippen LogP contribution in [0.3, 0.4) is 0 Å². The molecule has 1 aromatic carbocycles. The van der Waals surface area contributed by atoms with E-state index in [4.69, 9.17) is 0 Å². The standard InChI is InChI=1S/C14H20FNO2S/c1-10(2)13(17)9-16-14(18)7-8-19-12-5-3-11(15)4-6-12/h3-6,10,13,17H,7-9H2,1-2H3,(H,16,18). The van der Waals surface area contributed by atoms with Gasteiger partial charge in [0.15, 0.2) is 0 Å². The second-order valence-corrected chi connectivity index (χ2v) is 5.84. The van der Waals surface area contributed by atoms with E-state index < -0.39 is 6.10 Å². The Morgan fingerprint density at radius 1 is 1.37 bits per heavy atom. The second kappa shape index (κ2) is 8.17. The Hall–Kier alpha value is -1.07. The summed E-state index contributed by atoms with van der Waals surface area (Å²) >= 11 is 1.51. The minimum Gasteiger partial charge on any atom is -0.391 e. The van der Waals surface area contributed by atoms with Gasteiger partial charge in [0.05, 0.1) is 6.10 Å². The fourth-order valence-corrected chi connectivity index (χ4v) is 2.19. The number of benzene rings is 1. The van der Waals surface area contributed by atoms with Gasteiger partial charge in [0.2, 0.25) is 5.91 Å². The van der Waals surface area contributed by atoms with E-state index in [0.29, 0.717) is 12.2 Å². The van der Waals surface area contributed by atoms with E-state index in [-0.39, 0.29) is 24.2 Å². The van der Waals surface area contributed by atoms with Gasteiger partial charge < -0.3 is 10.4 Å². The Morgan fingerprint density at radius 3 is 2.58 bits per heavy atom. The van der Waals surface area contributed by atoms with Crippen molar-refractivity contribution in [3.63, 3.8) is 0 Å². The zero-order valence-corrected chi connectivity index (χ0v) is 12.0. The molecule has 0 heterocycles. The molecule has 0 aliphatic rings. The average Bonchev–Trinajstić information content (AvgIpc) is 2.38. The molecule has 0 aromatic heterocycles. The summed E-state index contributed by atoms with van der Waals surface area (Å²) < 4.78 is 12.7. The molecule has 0 saturated heterocycles. The van der Waals surface area contributed by atoms with Crippen LogP contribution in [-0.2, 0) is 4.79 Å². The molecule has 0 aliphatic heterocycles. The molecule has 19 heavy (non-hydrogen) atoms. The molecule has 2 N–H and O–H groups in total. The number of nitrogens with one attached hydrogen (secondary N) is 1. The second-order valence-electron chi connectivity index (χ2n) is 4.67. The monoisotopic (exact) mass is 285 g/mol. The van der Waals surface area contributed by atoms with Gasteiger partial charge in [-0.1, -0.05) is 13.8 Å². The van der Waals surface area contributed by atoms with Crippen molar-refractivity contribution in [1.29, 1.82) is 0 Å². The minimum atomic E-state index is -0.506. The van der Waals surface area contributed by atoms with E-state index in [2.05, 4.69) is 5.32 Å². The summed E-state index contributed by atoms with van der Waals surface area (Å²) in [6, 6.07) is 6.20. The number of aliphatic hydroxyl groups is 1. The van der Waals surface area contributed by atoms with Gasteiger partial charge >= 0.3 is 0 Å². The van der Waals surface area contributed by atoms with Crippen LogP contribution in [-0.4, -0.2) is 29.4 Å². The molecule has 0 aliphatic carbocycles. The molecule has 1 amide bonds. The molecule has 1 aromatic rings. The number of aliphatic hydroxyl groups excluding tert-OH is 1. The minimum absolute atomic E-state index is 0.0747. The highest BCUT2D eigenvalue weighted by atomic mass is 32.2. The van der Waals surface area contributed by atoms with E-state index in [1.165, 1.54) is 23.9 Å². The van der Waals surface area contributed by atoms with Gasteiger partial charge in [-0.3, -0.25) is 4.79 Å². The predicted molar refractivity (Wildman–Crippen MR) is 75.6 cm³/mol. The van der Waals surface area contributed by atoms with Crippen molar-refractivity contribution < 1.29 is 14.3 Å². The van der Waals surface area contributed by atoms with Gasteiger partial charge in [-0.15, -0.1) is 11.8 Å². The lowest BCUT2D eigenvalue weighted by atomic mass is 10.1. The molecule has 1 unspecified atom stereocenters. The molecule has 0 radical (unpaired) electrons. The van der Waals surface area contributed by atoms with E-state index in [1.807, 2.05) is 13.8 Å². The quantitative estimate of drug-likeness (QED) is 0.757. The predicted octanol–water partition coefficient (Wildman–Crippen LogP) is 2.44. The lowest BCUT2D eigenvalue weighted by Gasteiger charge is -2.14. The molecular formula is C14H20FNO2S. The van der Waals surface area contributed by atoms with Crippen molar-refractivity contribution >= 4 is 17.7 Å². The van der Waals surface area contributed by atoms with Crippen molar-refractivity contribution in [3.05, 3.63) is 30.1 Å². The summed E-state index contributed by atoms with van der Waals surface area (Å²) in [6.07, 6.45) is -0.124. The molecular weight excluding hydrogens is 265 g/mol. The van der Waals surface area contributed by atoms with Crippen LogP contribution in [0, 0.1) is 11.7 Å². The smallest absolute Gasteiger partial charge is 0.220 e. The number of hydrogen-bond donors (Lipinski definition) is 2. The number of hydrogen-bond acceptors (Lipinski definition) is 3. The Labute approximate surface area is 117 Å². The number of thioether (sulfide) groups is 1. The maximum Gasteiger partial charge on any atom is 0.220 e. The van der Waals surface area contributed by atoms with Crippen LogP contribution in [0.4, 0.5) is 4.39 Å². The molecule has 0 bridgehead atoms. The lowest BCUT2D eigenvalue weighted by Crippen LogP contribution is -2.34. The van der Waals surface area contributed by atoms with Gasteiger partial charge in [-0.2, -0.15) is 0 Å². The average molecular weight is 285 g/mol. The summed E-state index contributed by atoms with van der Waals surface area (Å²) in [4.78, 5) is 12.5. The summed E-state index contributed by atoms with van der Waals surface area (Å²) in [5.74, 6) is 0.433. The van der Waals surface area contributed by atoms with Crippen molar-refractivity contribution in [3.8, 4) is 0 Å². The van der Waals surface area contributed by atoms with Crippen LogP contribution >= 0.6 is 11.8 Å². The highest BCUT2D eigenvalue weighted by Crippen LogP contribution is 2.18. The van der Waals surface area contributed by atoms with Gasteiger partial charge in [-0.05, 0) is 30.2 Å². The zero-order valence-electron chi connectivity index (χ0n) is 11.2. The van der Waals surface area contributed by atoms with Crippen molar-refractivity contribution in [2.45, 2.75) is 31.3 Å². The molecule has 0 spiro atoms. The number of amides is 1. The molecule has 0 fully saturated rings. The summed E-state index contributed by atoms with van der Waals surface area (Å²) in [6.45, 7) is 4.10. The zero-order chi connectivity index (χ0) is 14.3. The van der Waals surface area contributed by atoms with Crippen LogP contribution in [0.25, 0.3) is 0 Å². The molecule has 1 rings (SSSR count).